The summed E-state index contributed by atoms with van der Waals surface area (Å²) in [5, 5.41) is 5.54. The maximum absolute atomic E-state index is 12.9. The van der Waals surface area contributed by atoms with Crippen molar-refractivity contribution in [3.05, 3.63) is 52.3 Å². The van der Waals surface area contributed by atoms with Crippen LogP contribution in [0, 0.1) is 0 Å². The molecule has 1 aromatic carbocycles. The SMILES string of the molecule is CCn1c([C@H]2CCCN(C(=O)Cc3c[nH]c4ccccc34)C2)nn(C)c1=O. The van der Waals surface area contributed by atoms with Crippen molar-refractivity contribution in [3.63, 3.8) is 0 Å². The van der Waals surface area contributed by atoms with Gasteiger partial charge in [-0.2, -0.15) is 5.10 Å². The first-order chi connectivity index (χ1) is 13.1. The minimum absolute atomic E-state index is 0.0882. The number of nitrogens with zero attached hydrogens (tertiary/aromatic N) is 4. The second-order valence-electron chi connectivity index (χ2n) is 7.22. The Morgan fingerprint density at radius 2 is 2.15 bits per heavy atom. The fourth-order valence-electron chi connectivity index (χ4n) is 4.09. The van der Waals surface area contributed by atoms with E-state index in [0.717, 1.165) is 41.7 Å². The third-order valence-electron chi connectivity index (χ3n) is 5.51. The molecule has 1 N–H and O–H groups in total. The molecular formula is C20H25N5O2. The van der Waals surface area contributed by atoms with Crippen LogP contribution in [0.3, 0.4) is 0 Å². The number of aromatic amines is 1. The Kier molecular flexibility index (Phi) is 4.59. The van der Waals surface area contributed by atoms with Gasteiger partial charge in [0.2, 0.25) is 5.91 Å². The molecule has 1 aliphatic heterocycles. The van der Waals surface area contributed by atoms with Crippen LogP contribution in [0.4, 0.5) is 0 Å². The minimum atomic E-state index is -0.0882. The van der Waals surface area contributed by atoms with Crippen molar-refractivity contribution in [2.45, 2.75) is 38.6 Å². The van der Waals surface area contributed by atoms with Gasteiger partial charge in [0.15, 0.2) is 0 Å². The molecule has 142 valence electrons. The van der Waals surface area contributed by atoms with Crippen molar-refractivity contribution < 1.29 is 4.79 Å². The third kappa shape index (κ3) is 3.18. The van der Waals surface area contributed by atoms with Crippen LogP contribution in [-0.2, 0) is 24.8 Å². The zero-order chi connectivity index (χ0) is 19.0. The van der Waals surface area contributed by atoms with Crippen LogP contribution >= 0.6 is 0 Å². The lowest BCUT2D eigenvalue weighted by molar-refractivity contribution is -0.131. The van der Waals surface area contributed by atoms with Crippen molar-refractivity contribution in [3.8, 4) is 0 Å². The molecule has 1 aliphatic rings. The van der Waals surface area contributed by atoms with Gasteiger partial charge in [0.1, 0.15) is 5.82 Å². The van der Waals surface area contributed by atoms with E-state index in [4.69, 9.17) is 0 Å². The molecule has 27 heavy (non-hydrogen) atoms. The highest BCUT2D eigenvalue weighted by molar-refractivity contribution is 5.88. The molecule has 4 rings (SSSR count). The predicted octanol–water partition coefficient (Wildman–Crippen LogP) is 2.03. The maximum atomic E-state index is 12.9. The molecule has 2 aromatic heterocycles. The highest BCUT2D eigenvalue weighted by atomic mass is 16.2. The average Bonchev–Trinajstić information content (AvgIpc) is 3.23. The monoisotopic (exact) mass is 367 g/mol. The Hall–Kier alpha value is -2.83. The summed E-state index contributed by atoms with van der Waals surface area (Å²) < 4.78 is 3.11. The van der Waals surface area contributed by atoms with Gasteiger partial charge in [-0.25, -0.2) is 9.48 Å². The number of carbonyl (C=O) groups is 1. The van der Waals surface area contributed by atoms with Gasteiger partial charge in [-0.15, -0.1) is 0 Å². The number of nitrogens with one attached hydrogen (secondary N) is 1. The second kappa shape index (κ2) is 7.06. The van der Waals surface area contributed by atoms with Gasteiger partial charge in [0.05, 0.1) is 6.42 Å². The number of rotatable bonds is 4. The first-order valence-corrected chi connectivity index (χ1v) is 9.55. The highest BCUT2D eigenvalue weighted by Crippen LogP contribution is 2.26. The molecule has 7 heteroatoms. The number of benzene rings is 1. The summed E-state index contributed by atoms with van der Waals surface area (Å²) in [6, 6.07) is 8.04. The number of H-pyrrole nitrogens is 1. The molecule has 0 aliphatic carbocycles. The second-order valence-corrected chi connectivity index (χ2v) is 7.22. The number of para-hydroxylation sites is 1. The van der Waals surface area contributed by atoms with Crippen molar-refractivity contribution in [1.29, 1.82) is 0 Å². The summed E-state index contributed by atoms with van der Waals surface area (Å²) >= 11 is 0. The Morgan fingerprint density at radius 3 is 2.96 bits per heavy atom. The number of hydrogen-bond donors (Lipinski definition) is 1. The zero-order valence-electron chi connectivity index (χ0n) is 15.8. The zero-order valence-corrected chi connectivity index (χ0v) is 15.8. The van der Waals surface area contributed by atoms with E-state index in [9.17, 15) is 9.59 Å². The van der Waals surface area contributed by atoms with E-state index in [-0.39, 0.29) is 17.5 Å². The van der Waals surface area contributed by atoms with E-state index in [1.54, 1.807) is 11.6 Å². The summed E-state index contributed by atoms with van der Waals surface area (Å²) in [7, 11) is 1.68. The van der Waals surface area contributed by atoms with Crippen LogP contribution in [0.5, 0.6) is 0 Å². The van der Waals surface area contributed by atoms with E-state index < -0.39 is 0 Å². The van der Waals surface area contributed by atoms with Crippen molar-refractivity contribution in [2.75, 3.05) is 13.1 Å². The molecule has 1 amide bonds. The van der Waals surface area contributed by atoms with E-state index in [2.05, 4.69) is 10.1 Å². The molecule has 1 atom stereocenters. The van der Waals surface area contributed by atoms with Gasteiger partial charge in [0, 0.05) is 49.7 Å². The van der Waals surface area contributed by atoms with Gasteiger partial charge < -0.3 is 9.88 Å². The Bertz CT molecular complexity index is 1030. The Morgan fingerprint density at radius 1 is 1.33 bits per heavy atom. The topological polar surface area (TPSA) is 75.9 Å². The van der Waals surface area contributed by atoms with Gasteiger partial charge in [-0.3, -0.25) is 9.36 Å². The van der Waals surface area contributed by atoms with Crippen LogP contribution in [-0.4, -0.2) is 43.2 Å². The van der Waals surface area contributed by atoms with Gasteiger partial charge >= 0.3 is 5.69 Å². The van der Waals surface area contributed by atoms with Crippen LogP contribution in [0.1, 0.15) is 37.1 Å². The number of hydrogen-bond acceptors (Lipinski definition) is 3. The number of amides is 1. The summed E-state index contributed by atoms with van der Waals surface area (Å²) in [6.07, 6.45) is 4.20. The molecule has 7 nitrogen and oxygen atoms in total. The number of carbonyl (C=O) groups excluding carboxylic acids is 1. The van der Waals surface area contributed by atoms with Crippen molar-refractivity contribution in [2.24, 2.45) is 7.05 Å². The van der Waals surface area contributed by atoms with Crippen LogP contribution in [0.15, 0.2) is 35.3 Å². The van der Waals surface area contributed by atoms with Gasteiger partial charge in [-0.1, -0.05) is 18.2 Å². The Balaban J connectivity index is 1.52. The molecule has 1 saturated heterocycles. The summed E-state index contributed by atoms with van der Waals surface area (Å²) in [4.78, 5) is 30.3. The number of piperidine rings is 1. The van der Waals surface area contributed by atoms with E-state index in [1.807, 2.05) is 42.3 Å². The quantitative estimate of drug-likeness (QED) is 0.767. The normalized spacial score (nSPS) is 17.6. The molecule has 3 aromatic rings. The van der Waals surface area contributed by atoms with Crippen molar-refractivity contribution >= 4 is 16.8 Å². The first kappa shape index (κ1) is 17.6. The van der Waals surface area contributed by atoms with Crippen LogP contribution < -0.4 is 5.69 Å². The molecule has 0 saturated carbocycles. The number of aromatic nitrogens is 4. The predicted molar refractivity (Wildman–Crippen MR) is 104 cm³/mol. The standard InChI is InChI=1S/C20H25N5O2/c1-3-25-19(22-23(2)20(25)27)14-7-6-10-24(13-14)18(26)11-15-12-21-17-9-5-4-8-16(15)17/h4-5,8-9,12,14,21H,3,6-7,10-11,13H2,1-2H3/t14-/m0/s1. The van der Waals surface area contributed by atoms with Crippen LogP contribution in [0.2, 0.25) is 0 Å². The molecule has 1 fully saturated rings. The van der Waals surface area contributed by atoms with Crippen LogP contribution in [0.25, 0.3) is 10.9 Å². The smallest absolute Gasteiger partial charge is 0.345 e. The molecular weight excluding hydrogens is 342 g/mol. The summed E-state index contributed by atoms with van der Waals surface area (Å²) in [5.74, 6) is 1.04. The largest absolute Gasteiger partial charge is 0.361 e. The van der Waals surface area contributed by atoms with E-state index >= 15 is 0 Å². The van der Waals surface area contributed by atoms with Crippen molar-refractivity contribution in [1.82, 2.24) is 24.2 Å². The fourth-order valence-corrected chi connectivity index (χ4v) is 4.09. The fraction of sp³-hybridized carbons (Fsp3) is 0.450. The first-order valence-electron chi connectivity index (χ1n) is 9.55. The highest BCUT2D eigenvalue weighted by Gasteiger charge is 2.29. The van der Waals surface area contributed by atoms with Gasteiger partial charge in [0.25, 0.3) is 0 Å². The minimum Gasteiger partial charge on any atom is -0.361 e. The maximum Gasteiger partial charge on any atom is 0.345 e. The number of aryl methyl sites for hydroxylation is 1. The Labute approximate surface area is 157 Å². The van der Waals surface area contributed by atoms with Gasteiger partial charge in [-0.05, 0) is 31.4 Å². The molecule has 0 spiro atoms. The number of fused-ring (bicyclic) bond motifs is 1. The lowest BCUT2D eigenvalue weighted by Crippen LogP contribution is -2.40. The van der Waals surface area contributed by atoms with E-state index in [1.165, 1.54) is 4.68 Å². The number of likely N-dealkylation sites (tertiary alicyclic amines) is 1. The third-order valence-corrected chi connectivity index (χ3v) is 5.51. The summed E-state index contributed by atoms with van der Waals surface area (Å²) in [5.41, 5.74) is 1.99. The molecule has 0 bridgehead atoms. The molecule has 0 unspecified atom stereocenters. The van der Waals surface area contributed by atoms with E-state index in [0.29, 0.717) is 19.5 Å². The average molecular weight is 367 g/mol. The molecule has 0 radical (unpaired) electrons. The lowest BCUT2D eigenvalue weighted by atomic mass is 9.96. The lowest BCUT2D eigenvalue weighted by Gasteiger charge is -2.32. The summed E-state index contributed by atoms with van der Waals surface area (Å²) in [6.45, 7) is 3.94. The molecule has 3 heterocycles.